The molecule has 16 heavy (non-hydrogen) atoms. The fraction of sp³-hybridized carbons (Fsp3) is 0.583. The second-order valence-corrected chi connectivity index (χ2v) is 4.28. The zero-order chi connectivity index (χ0) is 12.1. The Hall–Kier alpha value is -1.45. The topological polar surface area (TPSA) is 39.6 Å². The first-order valence-electron chi connectivity index (χ1n) is 5.51. The maximum absolute atomic E-state index is 7.85. The van der Waals surface area contributed by atoms with Gasteiger partial charge in [0.2, 0.25) is 0 Å². The van der Waals surface area contributed by atoms with Crippen molar-refractivity contribution in [3.8, 4) is 0 Å². The minimum absolute atomic E-state index is 0.385. The van der Waals surface area contributed by atoms with Crippen LogP contribution in [-0.4, -0.2) is 42.9 Å². The molecule has 0 amide bonds. The van der Waals surface area contributed by atoms with Gasteiger partial charge in [-0.2, -0.15) is 0 Å². The summed E-state index contributed by atoms with van der Waals surface area (Å²) >= 11 is 0. The van der Waals surface area contributed by atoms with E-state index in [1.165, 1.54) is 0 Å². The molecule has 0 saturated carbocycles. The Labute approximate surface area is 97.7 Å². The van der Waals surface area contributed by atoms with Crippen LogP contribution >= 0.6 is 0 Å². The lowest BCUT2D eigenvalue weighted by molar-refractivity contribution is 0.251. The highest BCUT2D eigenvalue weighted by atomic mass is 16.5. The van der Waals surface area contributed by atoms with E-state index in [2.05, 4.69) is 13.8 Å². The largest absolute Gasteiger partial charge is 0.501 e. The van der Waals surface area contributed by atoms with Gasteiger partial charge in [-0.15, -0.1) is 0 Å². The summed E-state index contributed by atoms with van der Waals surface area (Å²) in [7, 11) is 3.66. The van der Waals surface area contributed by atoms with Crippen molar-refractivity contribution in [3.63, 3.8) is 0 Å². The van der Waals surface area contributed by atoms with Gasteiger partial charge in [0.1, 0.15) is 5.84 Å². The van der Waals surface area contributed by atoms with E-state index < -0.39 is 0 Å². The predicted octanol–water partition coefficient (Wildman–Crippen LogP) is 1.87. The molecule has 0 bridgehead atoms. The zero-order valence-electron chi connectivity index (χ0n) is 10.5. The summed E-state index contributed by atoms with van der Waals surface area (Å²) in [5.74, 6) is 1.97. The van der Waals surface area contributed by atoms with Crippen molar-refractivity contribution in [2.24, 2.45) is 5.92 Å². The number of methoxy groups -OCH3 is 1. The lowest BCUT2D eigenvalue weighted by Crippen LogP contribution is -2.37. The van der Waals surface area contributed by atoms with E-state index in [0.29, 0.717) is 24.8 Å². The Kier molecular flexibility index (Phi) is 4.40. The maximum Gasteiger partial charge on any atom is 0.120 e. The maximum atomic E-state index is 7.85. The summed E-state index contributed by atoms with van der Waals surface area (Å²) < 4.78 is 5.29. The van der Waals surface area contributed by atoms with Gasteiger partial charge in [-0.25, -0.2) is 0 Å². The molecule has 1 aliphatic heterocycles. The molecule has 1 aliphatic rings. The number of likely N-dealkylation sites (N-methyl/N-ethyl adjacent to an activating group) is 1. The molecular formula is C12H21N3O. The van der Waals surface area contributed by atoms with Crippen LogP contribution in [0.4, 0.5) is 0 Å². The minimum Gasteiger partial charge on any atom is -0.501 e. The van der Waals surface area contributed by atoms with Gasteiger partial charge >= 0.3 is 0 Å². The fourth-order valence-corrected chi connectivity index (χ4v) is 1.58. The van der Waals surface area contributed by atoms with Gasteiger partial charge < -0.3 is 14.5 Å². The minimum atomic E-state index is 0.385. The van der Waals surface area contributed by atoms with Gasteiger partial charge in [-0.1, -0.05) is 13.8 Å². The molecule has 0 saturated heterocycles. The third kappa shape index (κ3) is 3.29. The number of nitrogens with zero attached hydrogens (tertiary/aromatic N) is 2. The molecule has 0 aromatic heterocycles. The van der Waals surface area contributed by atoms with Gasteiger partial charge in [0.25, 0.3) is 0 Å². The van der Waals surface area contributed by atoms with Crippen molar-refractivity contribution < 1.29 is 4.74 Å². The standard InChI is InChI=1S/C12H21N3O/c1-10(2)11(16-4)5-6-15-8-7-14(3)9-12(15)13/h5,7-8,10,13H,6,9H2,1-4H3/b11-5+,13-12?. The normalized spacial score (nSPS) is 17.3. The van der Waals surface area contributed by atoms with Gasteiger partial charge in [0.15, 0.2) is 0 Å². The van der Waals surface area contributed by atoms with Crippen LogP contribution in [0.25, 0.3) is 0 Å². The Balaban J connectivity index is 2.61. The van der Waals surface area contributed by atoms with Crippen molar-refractivity contribution in [1.29, 1.82) is 5.41 Å². The van der Waals surface area contributed by atoms with E-state index >= 15 is 0 Å². The molecule has 1 heterocycles. The van der Waals surface area contributed by atoms with Crippen molar-refractivity contribution in [1.82, 2.24) is 9.80 Å². The van der Waals surface area contributed by atoms with Gasteiger partial charge in [0.05, 0.1) is 19.4 Å². The van der Waals surface area contributed by atoms with Crippen LogP contribution in [0.5, 0.6) is 0 Å². The average Bonchev–Trinajstić information content (AvgIpc) is 2.21. The number of ether oxygens (including phenoxy) is 1. The Bertz CT molecular complexity index is 307. The second kappa shape index (κ2) is 5.58. The van der Waals surface area contributed by atoms with Gasteiger partial charge in [0, 0.05) is 31.9 Å². The summed E-state index contributed by atoms with van der Waals surface area (Å²) in [6, 6.07) is 0. The Morgan fingerprint density at radius 2 is 2.25 bits per heavy atom. The van der Waals surface area contributed by atoms with Crippen LogP contribution in [0, 0.1) is 11.3 Å². The molecule has 0 aromatic carbocycles. The first-order valence-corrected chi connectivity index (χ1v) is 5.51. The molecule has 0 radical (unpaired) electrons. The van der Waals surface area contributed by atoms with Crippen LogP contribution in [0.3, 0.4) is 0 Å². The summed E-state index contributed by atoms with van der Waals surface area (Å²) in [6.07, 6.45) is 5.94. The summed E-state index contributed by atoms with van der Waals surface area (Å²) in [4.78, 5) is 3.91. The smallest absolute Gasteiger partial charge is 0.120 e. The van der Waals surface area contributed by atoms with Gasteiger partial charge in [-0.05, 0) is 6.08 Å². The molecule has 90 valence electrons. The highest BCUT2D eigenvalue weighted by molar-refractivity contribution is 5.83. The first-order chi connectivity index (χ1) is 7.54. The summed E-state index contributed by atoms with van der Waals surface area (Å²) in [5, 5.41) is 7.85. The molecule has 1 rings (SSSR count). The Morgan fingerprint density at radius 1 is 1.56 bits per heavy atom. The highest BCUT2D eigenvalue weighted by Crippen LogP contribution is 2.11. The van der Waals surface area contributed by atoms with Crippen LogP contribution in [0.2, 0.25) is 0 Å². The van der Waals surface area contributed by atoms with Crippen LogP contribution in [-0.2, 0) is 4.74 Å². The van der Waals surface area contributed by atoms with E-state index in [1.807, 2.05) is 35.3 Å². The molecule has 0 atom stereocenters. The number of rotatable bonds is 4. The van der Waals surface area contributed by atoms with E-state index in [0.717, 1.165) is 5.76 Å². The molecule has 4 nitrogen and oxygen atoms in total. The molecule has 0 aromatic rings. The SMILES string of the molecule is CO/C(=C/CN1C=CN(C)CC1=N)C(C)C. The van der Waals surface area contributed by atoms with Crippen molar-refractivity contribution >= 4 is 5.84 Å². The number of allylic oxidation sites excluding steroid dienone is 1. The summed E-state index contributed by atoms with van der Waals surface area (Å²) in [5.41, 5.74) is 0. The number of hydrogen-bond acceptors (Lipinski definition) is 3. The van der Waals surface area contributed by atoms with Crippen LogP contribution < -0.4 is 0 Å². The second-order valence-electron chi connectivity index (χ2n) is 4.28. The molecule has 4 heteroatoms. The Morgan fingerprint density at radius 3 is 2.75 bits per heavy atom. The third-order valence-electron chi connectivity index (χ3n) is 2.54. The molecule has 0 unspecified atom stereocenters. The number of hydrogen-bond donors (Lipinski definition) is 1. The van der Waals surface area contributed by atoms with Crippen molar-refractivity contribution in [3.05, 3.63) is 24.2 Å². The van der Waals surface area contributed by atoms with E-state index in [1.54, 1.807) is 7.11 Å². The average molecular weight is 223 g/mol. The van der Waals surface area contributed by atoms with Crippen molar-refractivity contribution in [2.45, 2.75) is 13.8 Å². The van der Waals surface area contributed by atoms with E-state index in [-0.39, 0.29) is 0 Å². The molecule has 0 fully saturated rings. The monoisotopic (exact) mass is 223 g/mol. The van der Waals surface area contributed by atoms with Crippen LogP contribution in [0.1, 0.15) is 13.8 Å². The van der Waals surface area contributed by atoms with E-state index in [4.69, 9.17) is 10.1 Å². The highest BCUT2D eigenvalue weighted by Gasteiger charge is 2.12. The predicted molar refractivity (Wildman–Crippen MR) is 66.1 cm³/mol. The molecule has 1 N–H and O–H groups in total. The quantitative estimate of drug-likeness (QED) is 0.740. The van der Waals surface area contributed by atoms with Crippen LogP contribution in [0.15, 0.2) is 24.2 Å². The molecular weight excluding hydrogens is 202 g/mol. The molecule has 0 aliphatic carbocycles. The van der Waals surface area contributed by atoms with Crippen molar-refractivity contribution in [2.75, 3.05) is 27.2 Å². The number of nitrogens with one attached hydrogen (secondary N) is 1. The third-order valence-corrected chi connectivity index (χ3v) is 2.54. The fourth-order valence-electron chi connectivity index (χ4n) is 1.58. The summed E-state index contributed by atoms with van der Waals surface area (Å²) in [6.45, 7) is 5.56. The number of amidine groups is 1. The first kappa shape index (κ1) is 12.6. The lowest BCUT2D eigenvalue weighted by Gasteiger charge is -2.28. The van der Waals surface area contributed by atoms with Gasteiger partial charge in [-0.3, -0.25) is 5.41 Å². The molecule has 0 spiro atoms. The van der Waals surface area contributed by atoms with E-state index in [9.17, 15) is 0 Å². The zero-order valence-corrected chi connectivity index (χ0v) is 10.5. The lowest BCUT2D eigenvalue weighted by atomic mass is 10.1.